The minimum absolute atomic E-state index is 0.0880. The van der Waals surface area contributed by atoms with Gasteiger partial charge in [0.25, 0.3) is 5.91 Å². The monoisotopic (exact) mass is 215 g/mol. The van der Waals surface area contributed by atoms with Crippen LogP contribution in [0.15, 0.2) is 0 Å². The van der Waals surface area contributed by atoms with E-state index in [4.69, 9.17) is 4.74 Å². The van der Waals surface area contributed by atoms with Crippen LogP contribution in [0.5, 0.6) is 0 Å². The summed E-state index contributed by atoms with van der Waals surface area (Å²) in [7, 11) is 1.67. The minimum atomic E-state index is -1.28. The molecule has 1 amide bonds. The number of aliphatic hydroxyl groups is 1. The van der Waals surface area contributed by atoms with Crippen LogP contribution in [-0.4, -0.2) is 47.8 Å². The molecule has 1 heterocycles. The van der Waals surface area contributed by atoms with Crippen LogP contribution in [-0.2, 0) is 9.53 Å². The second kappa shape index (κ2) is 4.49. The Morgan fingerprint density at radius 2 is 2.13 bits per heavy atom. The van der Waals surface area contributed by atoms with E-state index in [2.05, 4.69) is 6.92 Å². The number of hydrogen-bond donors (Lipinski definition) is 1. The van der Waals surface area contributed by atoms with E-state index >= 15 is 0 Å². The molecule has 4 heteroatoms. The lowest BCUT2D eigenvalue weighted by molar-refractivity contribution is -0.152. The predicted molar refractivity (Wildman–Crippen MR) is 57.5 cm³/mol. The van der Waals surface area contributed by atoms with Gasteiger partial charge in [-0.05, 0) is 26.2 Å². The van der Waals surface area contributed by atoms with Gasteiger partial charge in [0.05, 0.1) is 6.10 Å². The maximum absolute atomic E-state index is 11.8. The molecule has 2 atom stereocenters. The Morgan fingerprint density at radius 1 is 1.53 bits per heavy atom. The van der Waals surface area contributed by atoms with Crippen molar-refractivity contribution in [2.24, 2.45) is 5.92 Å². The number of methoxy groups -OCH3 is 1. The first kappa shape index (κ1) is 12.5. The average molecular weight is 215 g/mol. The van der Waals surface area contributed by atoms with Gasteiger partial charge in [0.15, 0.2) is 0 Å². The van der Waals surface area contributed by atoms with Crippen LogP contribution in [0.2, 0.25) is 0 Å². The molecule has 4 nitrogen and oxygen atoms in total. The van der Waals surface area contributed by atoms with Crippen molar-refractivity contribution in [2.45, 2.75) is 38.9 Å². The van der Waals surface area contributed by atoms with Crippen molar-refractivity contribution in [2.75, 3.05) is 20.2 Å². The van der Waals surface area contributed by atoms with Gasteiger partial charge in [-0.25, -0.2) is 0 Å². The number of hydrogen-bond acceptors (Lipinski definition) is 3. The molecule has 15 heavy (non-hydrogen) atoms. The first-order valence-corrected chi connectivity index (χ1v) is 5.40. The molecule has 1 N–H and O–H groups in total. The van der Waals surface area contributed by atoms with Crippen molar-refractivity contribution in [1.82, 2.24) is 4.90 Å². The van der Waals surface area contributed by atoms with E-state index in [9.17, 15) is 9.90 Å². The summed E-state index contributed by atoms with van der Waals surface area (Å²) in [4.78, 5) is 13.5. The zero-order valence-corrected chi connectivity index (χ0v) is 9.99. The van der Waals surface area contributed by atoms with Crippen LogP contribution in [0, 0.1) is 5.92 Å². The third-order valence-electron chi connectivity index (χ3n) is 3.00. The fraction of sp³-hybridized carbons (Fsp3) is 0.909. The lowest BCUT2D eigenvalue weighted by atomic mass is 9.94. The molecule has 1 aliphatic rings. The molecule has 0 radical (unpaired) electrons. The molecular formula is C11H21NO3. The van der Waals surface area contributed by atoms with Crippen LogP contribution >= 0.6 is 0 Å². The molecule has 0 spiro atoms. The van der Waals surface area contributed by atoms with Gasteiger partial charge in [0.2, 0.25) is 0 Å². The van der Waals surface area contributed by atoms with Crippen LogP contribution in [0.4, 0.5) is 0 Å². The lowest BCUT2D eigenvalue weighted by Crippen LogP contribution is -2.52. The molecule has 0 saturated carbocycles. The summed E-state index contributed by atoms with van der Waals surface area (Å²) >= 11 is 0. The molecule has 0 aromatic heterocycles. The highest BCUT2D eigenvalue weighted by atomic mass is 16.5. The van der Waals surface area contributed by atoms with Crippen molar-refractivity contribution in [3.8, 4) is 0 Å². The zero-order chi connectivity index (χ0) is 11.6. The summed E-state index contributed by atoms with van der Waals surface area (Å²) in [5.74, 6) is 0.261. The molecule has 88 valence electrons. The van der Waals surface area contributed by atoms with Gasteiger partial charge in [-0.1, -0.05) is 6.92 Å². The molecule has 1 fully saturated rings. The molecule has 1 rings (SSSR count). The van der Waals surface area contributed by atoms with Gasteiger partial charge < -0.3 is 14.7 Å². The molecule has 1 saturated heterocycles. The second-order valence-corrected chi connectivity index (χ2v) is 4.85. The number of ether oxygens (including phenoxy) is 1. The molecule has 0 bridgehead atoms. The third kappa shape index (κ3) is 2.92. The molecule has 0 aliphatic carbocycles. The Hall–Kier alpha value is -0.610. The molecular weight excluding hydrogens is 194 g/mol. The fourth-order valence-corrected chi connectivity index (χ4v) is 1.91. The summed E-state index contributed by atoms with van der Waals surface area (Å²) in [6.45, 7) is 6.47. The Kier molecular flexibility index (Phi) is 3.73. The molecule has 1 aliphatic heterocycles. The average Bonchev–Trinajstić information content (AvgIpc) is 2.16. The Morgan fingerprint density at radius 3 is 2.60 bits per heavy atom. The third-order valence-corrected chi connectivity index (χ3v) is 3.00. The van der Waals surface area contributed by atoms with Crippen LogP contribution < -0.4 is 0 Å². The summed E-state index contributed by atoms with van der Waals surface area (Å²) in [6, 6.07) is 0. The number of amides is 1. The molecule has 2 unspecified atom stereocenters. The number of nitrogens with zero attached hydrogens (tertiary/aromatic N) is 1. The van der Waals surface area contributed by atoms with E-state index in [0.29, 0.717) is 19.0 Å². The maximum Gasteiger partial charge on any atom is 0.254 e. The van der Waals surface area contributed by atoms with Gasteiger partial charge >= 0.3 is 0 Å². The first-order chi connectivity index (χ1) is 6.86. The van der Waals surface area contributed by atoms with Gasteiger partial charge in [-0.15, -0.1) is 0 Å². The number of carbonyl (C=O) groups excluding carboxylic acids is 1. The standard InChI is InChI=1S/C11H21NO3/c1-8-5-6-12(7-9(8)15-4)10(13)11(2,3)14/h8-9,14H,5-7H2,1-4H3. The van der Waals surface area contributed by atoms with Gasteiger partial charge in [0.1, 0.15) is 5.60 Å². The van der Waals surface area contributed by atoms with Gasteiger partial charge in [0, 0.05) is 20.2 Å². The second-order valence-electron chi connectivity index (χ2n) is 4.85. The van der Waals surface area contributed by atoms with Gasteiger partial charge in [-0.3, -0.25) is 4.79 Å². The largest absolute Gasteiger partial charge is 0.381 e. The Labute approximate surface area is 91.2 Å². The van der Waals surface area contributed by atoms with E-state index in [1.807, 2.05) is 0 Å². The Bertz CT molecular complexity index is 234. The summed E-state index contributed by atoms with van der Waals surface area (Å²) in [5.41, 5.74) is -1.28. The number of rotatable bonds is 2. The number of likely N-dealkylation sites (tertiary alicyclic amines) is 1. The van der Waals surface area contributed by atoms with Crippen LogP contribution in [0.1, 0.15) is 27.2 Å². The van der Waals surface area contributed by atoms with E-state index in [1.54, 1.807) is 12.0 Å². The molecule has 0 aromatic rings. The van der Waals surface area contributed by atoms with Crippen LogP contribution in [0.25, 0.3) is 0 Å². The van der Waals surface area contributed by atoms with E-state index < -0.39 is 5.60 Å². The predicted octanol–water partition coefficient (Wildman–Crippen LogP) is 0.641. The molecule has 0 aromatic carbocycles. The maximum atomic E-state index is 11.8. The van der Waals surface area contributed by atoms with Crippen LogP contribution in [0.3, 0.4) is 0 Å². The highest BCUT2D eigenvalue weighted by molar-refractivity contribution is 5.84. The summed E-state index contributed by atoms with van der Waals surface area (Å²) < 4.78 is 5.32. The highest BCUT2D eigenvalue weighted by Gasteiger charge is 2.34. The van der Waals surface area contributed by atoms with Crippen molar-refractivity contribution < 1.29 is 14.6 Å². The van der Waals surface area contributed by atoms with Gasteiger partial charge in [-0.2, -0.15) is 0 Å². The number of piperidine rings is 1. The van der Waals surface area contributed by atoms with Crippen molar-refractivity contribution in [3.05, 3.63) is 0 Å². The quantitative estimate of drug-likeness (QED) is 0.735. The van der Waals surface area contributed by atoms with E-state index in [0.717, 1.165) is 6.42 Å². The minimum Gasteiger partial charge on any atom is -0.381 e. The summed E-state index contributed by atoms with van der Waals surface area (Å²) in [5, 5.41) is 9.63. The highest BCUT2D eigenvalue weighted by Crippen LogP contribution is 2.21. The number of carbonyl (C=O) groups is 1. The fourth-order valence-electron chi connectivity index (χ4n) is 1.91. The van der Waals surface area contributed by atoms with Crippen molar-refractivity contribution in [1.29, 1.82) is 0 Å². The Balaban J connectivity index is 2.62. The first-order valence-electron chi connectivity index (χ1n) is 5.40. The normalized spacial score (nSPS) is 27.9. The lowest BCUT2D eigenvalue weighted by Gasteiger charge is -2.38. The van der Waals surface area contributed by atoms with E-state index in [1.165, 1.54) is 13.8 Å². The SMILES string of the molecule is COC1CN(C(=O)C(C)(C)O)CCC1C. The topological polar surface area (TPSA) is 49.8 Å². The van der Waals surface area contributed by atoms with Crippen molar-refractivity contribution >= 4 is 5.91 Å². The summed E-state index contributed by atoms with van der Waals surface area (Å²) in [6.07, 6.45) is 1.02. The van der Waals surface area contributed by atoms with Crippen molar-refractivity contribution in [3.63, 3.8) is 0 Å². The zero-order valence-electron chi connectivity index (χ0n) is 9.99. The smallest absolute Gasteiger partial charge is 0.254 e. The van der Waals surface area contributed by atoms with E-state index in [-0.39, 0.29) is 12.0 Å².